The summed E-state index contributed by atoms with van der Waals surface area (Å²) in [6.07, 6.45) is 1.01. The number of carbonyl (C=O) groups excluding carboxylic acids is 1. The minimum Gasteiger partial charge on any atom is -0.374 e. The van der Waals surface area contributed by atoms with Gasteiger partial charge in [-0.15, -0.1) is 0 Å². The van der Waals surface area contributed by atoms with Gasteiger partial charge in [-0.3, -0.25) is 4.79 Å². The molecule has 0 aromatic rings. The molecule has 5 unspecified atom stereocenters. The summed E-state index contributed by atoms with van der Waals surface area (Å²) in [7, 11) is 0. The number of ether oxygens (including phenoxy) is 1. The fourth-order valence-corrected chi connectivity index (χ4v) is 3.19. The number of carbonyl (C=O) groups is 1. The molecule has 1 amide bonds. The largest absolute Gasteiger partial charge is 0.374 e. The van der Waals surface area contributed by atoms with Crippen molar-refractivity contribution in [3.8, 4) is 0 Å². The van der Waals surface area contributed by atoms with Crippen molar-refractivity contribution in [1.29, 1.82) is 0 Å². The number of nitrogens with two attached hydrogens (primary N) is 1. The van der Waals surface area contributed by atoms with E-state index in [2.05, 4.69) is 26.1 Å². The van der Waals surface area contributed by atoms with Crippen molar-refractivity contribution in [2.75, 3.05) is 6.54 Å². The summed E-state index contributed by atoms with van der Waals surface area (Å²) in [5.74, 6) is 0.754. The van der Waals surface area contributed by atoms with Crippen molar-refractivity contribution in [3.63, 3.8) is 0 Å². The summed E-state index contributed by atoms with van der Waals surface area (Å²) >= 11 is 0. The van der Waals surface area contributed by atoms with Crippen molar-refractivity contribution < 1.29 is 9.53 Å². The van der Waals surface area contributed by atoms with Crippen LogP contribution in [0.4, 0.5) is 0 Å². The molecule has 1 saturated heterocycles. The molecule has 0 aromatic heterocycles. The fourth-order valence-electron chi connectivity index (χ4n) is 3.19. The molecule has 19 heavy (non-hydrogen) atoms. The third-order valence-corrected chi connectivity index (χ3v) is 4.28. The number of nitrogens with one attached hydrogen (secondary N) is 1. The van der Waals surface area contributed by atoms with E-state index in [0.717, 1.165) is 6.42 Å². The van der Waals surface area contributed by atoms with Crippen molar-refractivity contribution in [2.24, 2.45) is 23.5 Å². The maximum Gasteiger partial charge on any atom is 0.226 e. The van der Waals surface area contributed by atoms with Crippen LogP contribution in [-0.4, -0.2) is 30.2 Å². The van der Waals surface area contributed by atoms with Gasteiger partial charge in [-0.1, -0.05) is 20.8 Å². The molecule has 0 aliphatic carbocycles. The SMILES string of the molecule is CC(C)CC(C)(CN)NC(=O)C1C(C)OC(C)C1C. The summed E-state index contributed by atoms with van der Waals surface area (Å²) in [5, 5.41) is 3.15. The Balaban J connectivity index is 2.72. The lowest BCUT2D eigenvalue weighted by Gasteiger charge is -2.33. The number of hydrogen-bond acceptors (Lipinski definition) is 3. The Morgan fingerprint density at radius 2 is 1.89 bits per heavy atom. The molecule has 1 rings (SSSR count). The second kappa shape index (κ2) is 6.23. The highest BCUT2D eigenvalue weighted by molar-refractivity contribution is 5.80. The van der Waals surface area contributed by atoms with Gasteiger partial charge in [-0.2, -0.15) is 0 Å². The molecule has 5 atom stereocenters. The van der Waals surface area contributed by atoms with E-state index in [1.807, 2.05) is 20.8 Å². The van der Waals surface area contributed by atoms with E-state index in [9.17, 15) is 4.79 Å². The molecule has 0 radical (unpaired) electrons. The van der Waals surface area contributed by atoms with Crippen LogP contribution in [-0.2, 0) is 9.53 Å². The monoisotopic (exact) mass is 270 g/mol. The van der Waals surface area contributed by atoms with E-state index < -0.39 is 0 Å². The standard InChI is InChI=1S/C15H30N2O2/c1-9(2)7-15(6,8-16)17-14(18)13-10(3)11(4)19-12(13)5/h9-13H,7-8,16H2,1-6H3,(H,17,18). The van der Waals surface area contributed by atoms with E-state index in [4.69, 9.17) is 10.5 Å². The first-order valence-corrected chi connectivity index (χ1v) is 7.37. The van der Waals surface area contributed by atoms with Crippen LogP contribution in [0.3, 0.4) is 0 Å². The molecule has 0 bridgehead atoms. The van der Waals surface area contributed by atoms with Crippen molar-refractivity contribution >= 4 is 5.91 Å². The highest BCUT2D eigenvalue weighted by Gasteiger charge is 2.43. The summed E-state index contributed by atoms with van der Waals surface area (Å²) in [6.45, 7) is 12.9. The average molecular weight is 270 g/mol. The van der Waals surface area contributed by atoms with Crippen LogP contribution in [0.2, 0.25) is 0 Å². The molecule has 3 N–H and O–H groups in total. The zero-order valence-electron chi connectivity index (χ0n) is 13.2. The van der Waals surface area contributed by atoms with Crippen LogP contribution in [0.1, 0.15) is 48.0 Å². The highest BCUT2D eigenvalue weighted by atomic mass is 16.5. The molecule has 1 aliphatic rings. The zero-order chi connectivity index (χ0) is 14.8. The minimum atomic E-state index is -0.323. The fraction of sp³-hybridized carbons (Fsp3) is 0.933. The van der Waals surface area contributed by atoms with Crippen LogP contribution in [0.25, 0.3) is 0 Å². The molecular formula is C15H30N2O2. The van der Waals surface area contributed by atoms with E-state index in [0.29, 0.717) is 12.5 Å². The topological polar surface area (TPSA) is 64.3 Å². The third kappa shape index (κ3) is 3.93. The Morgan fingerprint density at radius 1 is 1.32 bits per heavy atom. The van der Waals surface area contributed by atoms with Crippen LogP contribution >= 0.6 is 0 Å². The molecule has 1 aliphatic heterocycles. The predicted octanol–water partition coefficient (Wildman–Crippen LogP) is 1.93. The minimum absolute atomic E-state index is 0.0222. The Hall–Kier alpha value is -0.610. The molecule has 1 heterocycles. The Labute approximate surface area is 117 Å². The van der Waals surface area contributed by atoms with Crippen LogP contribution in [0, 0.1) is 17.8 Å². The van der Waals surface area contributed by atoms with E-state index in [-0.39, 0.29) is 35.5 Å². The van der Waals surface area contributed by atoms with Crippen LogP contribution < -0.4 is 11.1 Å². The van der Waals surface area contributed by atoms with E-state index in [1.54, 1.807) is 0 Å². The quantitative estimate of drug-likeness (QED) is 0.802. The van der Waals surface area contributed by atoms with Gasteiger partial charge in [-0.05, 0) is 39.0 Å². The second-order valence-corrected chi connectivity index (χ2v) is 6.78. The molecular weight excluding hydrogens is 240 g/mol. The summed E-state index contributed by atoms with van der Waals surface area (Å²) in [6, 6.07) is 0. The Morgan fingerprint density at radius 3 is 2.26 bits per heavy atom. The third-order valence-electron chi connectivity index (χ3n) is 4.28. The average Bonchev–Trinajstić information content (AvgIpc) is 2.51. The molecule has 4 heteroatoms. The normalized spacial score (nSPS) is 34.3. The lowest BCUT2D eigenvalue weighted by atomic mass is 9.86. The van der Waals surface area contributed by atoms with Crippen molar-refractivity contribution in [3.05, 3.63) is 0 Å². The lowest BCUT2D eigenvalue weighted by Crippen LogP contribution is -2.55. The molecule has 112 valence electrons. The maximum atomic E-state index is 12.5. The first-order valence-electron chi connectivity index (χ1n) is 7.37. The molecule has 0 saturated carbocycles. The number of amides is 1. The van der Waals surface area contributed by atoms with Gasteiger partial charge in [0.25, 0.3) is 0 Å². The van der Waals surface area contributed by atoms with Crippen LogP contribution in [0.5, 0.6) is 0 Å². The smallest absolute Gasteiger partial charge is 0.226 e. The van der Waals surface area contributed by atoms with Gasteiger partial charge in [0.05, 0.1) is 18.1 Å². The van der Waals surface area contributed by atoms with Gasteiger partial charge in [0.1, 0.15) is 0 Å². The Bertz CT molecular complexity index is 319. The number of hydrogen-bond donors (Lipinski definition) is 2. The molecule has 0 spiro atoms. The van der Waals surface area contributed by atoms with Crippen LogP contribution in [0.15, 0.2) is 0 Å². The van der Waals surface area contributed by atoms with E-state index >= 15 is 0 Å². The van der Waals surface area contributed by atoms with E-state index in [1.165, 1.54) is 0 Å². The maximum absolute atomic E-state index is 12.5. The summed E-state index contributed by atoms with van der Waals surface area (Å²) in [4.78, 5) is 12.5. The van der Waals surface area contributed by atoms with Gasteiger partial charge in [0, 0.05) is 12.1 Å². The molecule has 4 nitrogen and oxygen atoms in total. The van der Waals surface area contributed by atoms with Crippen molar-refractivity contribution in [1.82, 2.24) is 5.32 Å². The van der Waals surface area contributed by atoms with Crippen molar-refractivity contribution in [2.45, 2.75) is 65.7 Å². The van der Waals surface area contributed by atoms with Gasteiger partial charge < -0.3 is 15.8 Å². The molecule has 1 fully saturated rings. The number of rotatable bonds is 5. The Kier molecular flexibility index (Phi) is 5.39. The summed E-state index contributed by atoms with van der Waals surface area (Å²) < 4.78 is 5.74. The van der Waals surface area contributed by atoms with Gasteiger partial charge in [0.2, 0.25) is 5.91 Å². The predicted molar refractivity (Wildman–Crippen MR) is 77.7 cm³/mol. The highest BCUT2D eigenvalue weighted by Crippen LogP contribution is 2.32. The lowest BCUT2D eigenvalue weighted by molar-refractivity contribution is -0.129. The van der Waals surface area contributed by atoms with Gasteiger partial charge in [-0.25, -0.2) is 0 Å². The zero-order valence-corrected chi connectivity index (χ0v) is 13.2. The first kappa shape index (κ1) is 16.4. The second-order valence-electron chi connectivity index (χ2n) is 6.78. The van der Waals surface area contributed by atoms with Gasteiger partial charge in [0.15, 0.2) is 0 Å². The van der Waals surface area contributed by atoms with Gasteiger partial charge >= 0.3 is 0 Å². The molecule has 0 aromatic carbocycles. The first-order chi connectivity index (χ1) is 8.70. The summed E-state index contributed by atoms with van der Waals surface area (Å²) in [5.41, 5.74) is 5.53.